The van der Waals surface area contributed by atoms with Crippen LogP contribution in [0.2, 0.25) is 0 Å². The average molecular weight is 253 g/mol. The SMILES string of the molecule is CN(C)CCCCNc1nccc(C(N)=S)n1. The van der Waals surface area contributed by atoms with Crippen LogP contribution in [0.1, 0.15) is 18.5 Å². The third-order valence-electron chi connectivity index (χ3n) is 2.22. The van der Waals surface area contributed by atoms with Gasteiger partial charge in [-0.3, -0.25) is 0 Å². The van der Waals surface area contributed by atoms with E-state index in [-0.39, 0.29) is 0 Å². The zero-order valence-electron chi connectivity index (χ0n) is 10.3. The summed E-state index contributed by atoms with van der Waals surface area (Å²) in [5.74, 6) is 0.583. The molecule has 3 N–H and O–H groups in total. The van der Waals surface area contributed by atoms with Crippen LogP contribution in [0, 0.1) is 0 Å². The van der Waals surface area contributed by atoms with E-state index in [1.807, 2.05) is 0 Å². The lowest BCUT2D eigenvalue weighted by molar-refractivity contribution is 0.396. The van der Waals surface area contributed by atoms with Gasteiger partial charge in [0.25, 0.3) is 0 Å². The summed E-state index contributed by atoms with van der Waals surface area (Å²) in [4.78, 5) is 10.8. The minimum Gasteiger partial charge on any atom is -0.388 e. The molecule has 0 amide bonds. The lowest BCUT2D eigenvalue weighted by Crippen LogP contribution is -2.16. The second-order valence-corrected chi connectivity index (χ2v) is 4.51. The van der Waals surface area contributed by atoms with Crippen LogP contribution in [0.3, 0.4) is 0 Å². The van der Waals surface area contributed by atoms with E-state index >= 15 is 0 Å². The van der Waals surface area contributed by atoms with Crippen molar-refractivity contribution < 1.29 is 0 Å². The van der Waals surface area contributed by atoms with E-state index in [0.29, 0.717) is 16.6 Å². The maximum absolute atomic E-state index is 5.50. The Hall–Kier alpha value is -1.27. The molecule has 17 heavy (non-hydrogen) atoms. The molecular weight excluding hydrogens is 234 g/mol. The van der Waals surface area contributed by atoms with Crippen LogP contribution in [0.15, 0.2) is 12.3 Å². The fraction of sp³-hybridized carbons (Fsp3) is 0.545. The lowest BCUT2D eigenvalue weighted by Gasteiger charge is -2.09. The monoisotopic (exact) mass is 253 g/mol. The standard InChI is InChI=1S/C11H19N5S/c1-16(2)8-4-3-6-13-11-14-7-5-9(15-11)10(12)17/h5,7H,3-4,6,8H2,1-2H3,(H2,12,17)(H,13,14,15). The molecule has 1 rings (SSSR count). The first-order chi connectivity index (χ1) is 8.09. The highest BCUT2D eigenvalue weighted by Crippen LogP contribution is 2.01. The molecule has 0 radical (unpaired) electrons. The molecule has 6 heteroatoms. The molecule has 0 unspecified atom stereocenters. The normalized spacial score (nSPS) is 10.5. The second kappa shape index (κ2) is 7.13. The summed E-state index contributed by atoms with van der Waals surface area (Å²) in [7, 11) is 4.14. The molecule has 94 valence electrons. The molecule has 0 saturated heterocycles. The summed E-state index contributed by atoms with van der Waals surface area (Å²) in [6.45, 7) is 1.95. The molecule has 0 aliphatic carbocycles. The van der Waals surface area contributed by atoms with Crippen molar-refractivity contribution >= 4 is 23.2 Å². The van der Waals surface area contributed by atoms with Gasteiger partial charge in [-0.05, 0) is 39.5 Å². The first-order valence-corrected chi connectivity index (χ1v) is 6.02. The number of aromatic nitrogens is 2. The smallest absolute Gasteiger partial charge is 0.223 e. The number of hydrogen-bond acceptors (Lipinski definition) is 5. The number of hydrogen-bond donors (Lipinski definition) is 2. The van der Waals surface area contributed by atoms with E-state index in [2.05, 4.69) is 34.3 Å². The molecule has 0 atom stereocenters. The summed E-state index contributed by atoms with van der Waals surface area (Å²) in [6, 6.07) is 1.71. The molecule has 5 nitrogen and oxygen atoms in total. The Balaban J connectivity index is 2.31. The number of nitrogens with one attached hydrogen (secondary N) is 1. The second-order valence-electron chi connectivity index (χ2n) is 4.07. The zero-order chi connectivity index (χ0) is 12.7. The molecule has 1 aromatic heterocycles. The van der Waals surface area contributed by atoms with Crippen molar-refractivity contribution in [3.63, 3.8) is 0 Å². The van der Waals surface area contributed by atoms with Crippen LogP contribution in [0.25, 0.3) is 0 Å². The van der Waals surface area contributed by atoms with Gasteiger partial charge in [-0.25, -0.2) is 9.97 Å². The summed E-state index contributed by atoms with van der Waals surface area (Å²) < 4.78 is 0. The van der Waals surface area contributed by atoms with Gasteiger partial charge in [-0.15, -0.1) is 0 Å². The van der Waals surface area contributed by atoms with Crippen molar-refractivity contribution in [3.05, 3.63) is 18.0 Å². The number of nitrogens with two attached hydrogens (primary N) is 1. The molecule has 0 fully saturated rings. The molecule has 1 heterocycles. The van der Waals surface area contributed by atoms with E-state index < -0.39 is 0 Å². The maximum atomic E-state index is 5.50. The van der Waals surface area contributed by atoms with Crippen LogP contribution >= 0.6 is 12.2 Å². The topological polar surface area (TPSA) is 67.1 Å². The molecule has 0 aromatic carbocycles. The summed E-state index contributed by atoms with van der Waals surface area (Å²) >= 11 is 4.86. The molecule has 1 aromatic rings. The van der Waals surface area contributed by atoms with Crippen molar-refractivity contribution in [2.45, 2.75) is 12.8 Å². The van der Waals surface area contributed by atoms with E-state index in [9.17, 15) is 0 Å². The number of nitrogens with zero attached hydrogens (tertiary/aromatic N) is 3. The predicted octanol–water partition coefficient (Wildman–Crippen LogP) is 0.864. The average Bonchev–Trinajstić information content (AvgIpc) is 2.28. The van der Waals surface area contributed by atoms with Gasteiger partial charge in [0.2, 0.25) is 5.95 Å². The fourth-order valence-electron chi connectivity index (χ4n) is 1.33. The Labute approximate surface area is 107 Å². The van der Waals surface area contributed by atoms with Crippen molar-refractivity contribution in [2.24, 2.45) is 5.73 Å². The van der Waals surface area contributed by atoms with Crippen LogP contribution < -0.4 is 11.1 Å². The van der Waals surface area contributed by atoms with Gasteiger partial charge in [0.05, 0.1) is 0 Å². The van der Waals surface area contributed by atoms with E-state index in [1.54, 1.807) is 12.3 Å². The Morgan fingerprint density at radius 1 is 1.47 bits per heavy atom. The highest BCUT2D eigenvalue weighted by molar-refractivity contribution is 7.80. The summed E-state index contributed by atoms with van der Waals surface area (Å²) in [6.07, 6.45) is 3.89. The largest absolute Gasteiger partial charge is 0.388 e. The number of anilines is 1. The molecule has 0 aliphatic heterocycles. The number of unbranched alkanes of at least 4 members (excludes halogenated alkanes) is 1. The fourth-order valence-corrected chi connectivity index (χ4v) is 1.45. The van der Waals surface area contributed by atoms with E-state index in [0.717, 1.165) is 25.9 Å². The van der Waals surface area contributed by atoms with Crippen LogP contribution in [-0.2, 0) is 0 Å². The quantitative estimate of drug-likeness (QED) is 0.555. The van der Waals surface area contributed by atoms with Crippen LogP contribution in [0.4, 0.5) is 5.95 Å². The van der Waals surface area contributed by atoms with Crippen molar-refractivity contribution in [2.75, 3.05) is 32.5 Å². The maximum Gasteiger partial charge on any atom is 0.223 e. The molecule has 0 saturated carbocycles. The first kappa shape index (κ1) is 13.8. The Bertz CT molecular complexity index is 367. The van der Waals surface area contributed by atoms with Crippen molar-refractivity contribution in [1.82, 2.24) is 14.9 Å². The van der Waals surface area contributed by atoms with Gasteiger partial charge in [0.1, 0.15) is 10.7 Å². The van der Waals surface area contributed by atoms with E-state index in [4.69, 9.17) is 18.0 Å². The molecular formula is C11H19N5S. The number of thiocarbonyl (C=S) groups is 1. The third-order valence-corrected chi connectivity index (χ3v) is 2.43. The van der Waals surface area contributed by atoms with Crippen LogP contribution in [0.5, 0.6) is 0 Å². The van der Waals surface area contributed by atoms with E-state index in [1.165, 1.54) is 0 Å². The first-order valence-electron chi connectivity index (χ1n) is 5.61. The Kier molecular flexibility index (Phi) is 5.79. The van der Waals surface area contributed by atoms with Gasteiger partial charge in [-0.1, -0.05) is 12.2 Å². The van der Waals surface area contributed by atoms with Gasteiger partial charge in [0.15, 0.2) is 0 Å². The zero-order valence-corrected chi connectivity index (χ0v) is 11.1. The highest BCUT2D eigenvalue weighted by Gasteiger charge is 2.00. The van der Waals surface area contributed by atoms with Gasteiger partial charge in [0, 0.05) is 12.7 Å². The minimum absolute atomic E-state index is 0.294. The third kappa shape index (κ3) is 5.55. The van der Waals surface area contributed by atoms with Crippen molar-refractivity contribution in [3.8, 4) is 0 Å². The lowest BCUT2D eigenvalue weighted by atomic mass is 10.3. The minimum atomic E-state index is 0.294. The highest BCUT2D eigenvalue weighted by atomic mass is 32.1. The predicted molar refractivity (Wildman–Crippen MR) is 74.2 cm³/mol. The summed E-state index contributed by atoms with van der Waals surface area (Å²) in [5.41, 5.74) is 6.10. The van der Waals surface area contributed by atoms with Crippen molar-refractivity contribution in [1.29, 1.82) is 0 Å². The number of rotatable bonds is 7. The Morgan fingerprint density at radius 2 is 2.24 bits per heavy atom. The van der Waals surface area contributed by atoms with Gasteiger partial charge < -0.3 is 16.0 Å². The van der Waals surface area contributed by atoms with Gasteiger partial charge >= 0.3 is 0 Å². The van der Waals surface area contributed by atoms with Gasteiger partial charge in [-0.2, -0.15) is 0 Å². The summed E-state index contributed by atoms with van der Waals surface area (Å²) in [5, 5.41) is 3.16. The molecule has 0 bridgehead atoms. The van der Waals surface area contributed by atoms with Crippen LogP contribution in [-0.4, -0.2) is 47.0 Å². The molecule has 0 spiro atoms. The Morgan fingerprint density at radius 3 is 2.88 bits per heavy atom. The molecule has 0 aliphatic rings.